The van der Waals surface area contributed by atoms with E-state index in [-0.39, 0.29) is 5.91 Å². The Morgan fingerprint density at radius 1 is 1.13 bits per heavy atom. The molecule has 0 saturated carbocycles. The average molecular weight is 329 g/mol. The smallest absolute Gasteiger partial charge is 0.339 e. The van der Waals surface area contributed by atoms with Crippen molar-refractivity contribution in [3.63, 3.8) is 0 Å². The summed E-state index contributed by atoms with van der Waals surface area (Å²) in [7, 11) is 1.29. The summed E-state index contributed by atoms with van der Waals surface area (Å²) in [6.45, 7) is 0. The maximum absolute atomic E-state index is 12.5. The Hall–Kier alpha value is -2.79. The molecule has 2 N–H and O–H groups in total. The molecule has 3 rings (SSSR count). The third-order valence-electron chi connectivity index (χ3n) is 3.47. The number of hydrogen-bond acceptors (Lipinski definition) is 3. The van der Waals surface area contributed by atoms with Crippen molar-refractivity contribution in [2.75, 3.05) is 12.4 Å². The molecule has 0 spiro atoms. The van der Waals surface area contributed by atoms with E-state index in [9.17, 15) is 9.59 Å². The van der Waals surface area contributed by atoms with Crippen LogP contribution >= 0.6 is 11.6 Å². The molecule has 0 unspecified atom stereocenters. The summed E-state index contributed by atoms with van der Waals surface area (Å²) in [6, 6.07) is 11.9. The minimum absolute atomic E-state index is 0.293. The number of halogens is 1. The van der Waals surface area contributed by atoms with E-state index >= 15 is 0 Å². The number of hydrogen-bond donors (Lipinski definition) is 2. The first-order valence-corrected chi connectivity index (χ1v) is 7.23. The summed E-state index contributed by atoms with van der Waals surface area (Å²) >= 11 is 5.99. The second kappa shape index (κ2) is 6.14. The highest BCUT2D eigenvalue weighted by Gasteiger charge is 2.16. The molecule has 0 fully saturated rings. The molecule has 0 atom stereocenters. The van der Waals surface area contributed by atoms with Crippen LogP contribution in [-0.4, -0.2) is 24.0 Å². The molecule has 2 aromatic carbocycles. The van der Waals surface area contributed by atoms with Crippen molar-refractivity contribution < 1.29 is 14.3 Å². The third-order valence-corrected chi connectivity index (χ3v) is 3.70. The fourth-order valence-corrected chi connectivity index (χ4v) is 2.52. The zero-order chi connectivity index (χ0) is 16.4. The summed E-state index contributed by atoms with van der Waals surface area (Å²) in [5.41, 5.74) is 1.94. The van der Waals surface area contributed by atoms with Crippen LogP contribution in [0.5, 0.6) is 0 Å². The molecule has 1 heterocycles. The maximum Gasteiger partial charge on any atom is 0.339 e. The van der Waals surface area contributed by atoms with Gasteiger partial charge in [-0.25, -0.2) is 4.79 Å². The van der Waals surface area contributed by atoms with Gasteiger partial charge in [-0.2, -0.15) is 0 Å². The van der Waals surface area contributed by atoms with Gasteiger partial charge in [0, 0.05) is 22.1 Å². The zero-order valence-electron chi connectivity index (χ0n) is 12.2. The number of aromatic amines is 1. The molecule has 116 valence electrons. The van der Waals surface area contributed by atoms with Crippen LogP contribution in [-0.2, 0) is 4.74 Å². The molecule has 0 bridgehead atoms. The molecule has 0 radical (unpaired) electrons. The Labute approximate surface area is 137 Å². The summed E-state index contributed by atoms with van der Waals surface area (Å²) < 4.78 is 4.72. The zero-order valence-corrected chi connectivity index (χ0v) is 13.0. The Balaban J connectivity index is 1.96. The van der Waals surface area contributed by atoms with Crippen molar-refractivity contribution in [1.29, 1.82) is 0 Å². The topological polar surface area (TPSA) is 71.2 Å². The van der Waals surface area contributed by atoms with Gasteiger partial charge in [-0.15, -0.1) is 0 Å². The van der Waals surface area contributed by atoms with E-state index in [4.69, 9.17) is 16.3 Å². The molecular formula is C17H13ClN2O3. The van der Waals surface area contributed by atoms with Crippen molar-refractivity contribution in [3.8, 4) is 0 Å². The van der Waals surface area contributed by atoms with Crippen molar-refractivity contribution in [1.82, 2.24) is 4.98 Å². The normalized spacial score (nSPS) is 10.5. The molecule has 0 saturated heterocycles. The van der Waals surface area contributed by atoms with Crippen molar-refractivity contribution >= 4 is 40.1 Å². The van der Waals surface area contributed by atoms with Gasteiger partial charge in [-0.3, -0.25) is 4.79 Å². The predicted molar refractivity (Wildman–Crippen MR) is 89.0 cm³/mol. The highest BCUT2D eigenvalue weighted by molar-refractivity contribution is 6.31. The Bertz CT molecular complexity index is 902. The molecule has 23 heavy (non-hydrogen) atoms. The number of carbonyl (C=O) groups excluding carboxylic acids is 2. The maximum atomic E-state index is 12.5. The number of methoxy groups -OCH3 is 1. The number of amides is 1. The molecule has 3 aromatic rings. The van der Waals surface area contributed by atoms with Gasteiger partial charge in [0.05, 0.1) is 23.9 Å². The van der Waals surface area contributed by atoms with Crippen LogP contribution < -0.4 is 5.32 Å². The number of rotatable bonds is 3. The van der Waals surface area contributed by atoms with Crippen LogP contribution in [0.4, 0.5) is 5.69 Å². The number of para-hydroxylation sites is 1. The Morgan fingerprint density at radius 2 is 1.91 bits per heavy atom. The number of nitrogens with one attached hydrogen (secondary N) is 2. The van der Waals surface area contributed by atoms with Gasteiger partial charge in [0.15, 0.2) is 0 Å². The number of H-pyrrole nitrogens is 1. The van der Waals surface area contributed by atoms with E-state index in [1.165, 1.54) is 7.11 Å². The van der Waals surface area contributed by atoms with Gasteiger partial charge in [-0.1, -0.05) is 23.7 Å². The number of aromatic nitrogens is 1. The van der Waals surface area contributed by atoms with Crippen LogP contribution in [0.25, 0.3) is 10.9 Å². The lowest BCUT2D eigenvalue weighted by Crippen LogP contribution is -2.15. The monoisotopic (exact) mass is 328 g/mol. The van der Waals surface area contributed by atoms with E-state index < -0.39 is 5.97 Å². The van der Waals surface area contributed by atoms with Crippen LogP contribution in [0.3, 0.4) is 0 Å². The second-order valence-corrected chi connectivity index (χ2v) is 5.32. The second-order valence-electron chi connectivity index (χ2n) is 4.88. The fourth-order valence-electron chi connectivity index (χ4n) is 2.35. The lowest BCUT2D eigenvalue weighted by molar-refractivity contribution is 0.0602. The summed E-state index contributed by atoms with van der Waals surface area (Å²) in [5, 5.41) is 3.99. The van der Waals surface area contributed by atoms with E-state index in [0.717, 1.165) is 5.52 Å². The van der Waals surface area contributed by atoms with Crippen LogP contribution in [0.2, 0.25) is 5.02 Å². The fraction of sp³-hybridized carbons (Fsp3) is 0.0588. The minimum Gasteiger partial charge on any atom is -0.465 e. The van der Waals surface area contributed by atoms with Gasteiger partial charge in [0.2, 0.25) is 0 Å². The SMILES string of the molecule is COC(=O)c1ccccc1NC(=O)c1c[nH]c2ccc(Cl)cc12. The van der Waals surface area contributed by atoms with E-state index in [0.29, 0.717) is 27.2 Å². The van der Waals surface area contributed by atoms with Gasteiger partial charge >= 0.3 is 5.97 Å². The van der Waals surface area contributed by atoms with E-state index in [1.807, 2.05) is 0 Å². The first kappa shape index (κ1) is 15.1. The number of esters is 1. The Kier molecular flexibility index (Phi) is 4.04. The average Bonchev–Trinajstić information content (AvgIpc) is 2.97. The van der Waals surface area contributed by atoms with Gasteiger partial charge in [-0.05, 0) is 30.3 Å². The summed E-state index contributed by atoms with van der Waals surface area (Å²) in [6.07, 6.45) is 1.61. The lowest BCUT2D eigenvalue weighted by atomic mass is 10.1. The molecular weight excluding hydrogens is 316 g/mol. The van der Waals surface area contributed by atoms with E-state index in [1.54, 1.807) is 48.7 Å². The van der Waals surface area contributed by atoms with Crippen molar-refractivity contribution in [2.45, 2.75) is 0 Å². The molecule has 5 nitrogen and oxygen atoms in total. The number of ether oxygens (including phenoxy) is 1. The van der Waals surface area contributed by atoms with Gasteiger partial charge < -0.3 is 15.0 Å². The van der Waals surface area contributed by atoms with Crippen LogP contribution in [0, 0.1) is 0 Å². The number of carbonyl (C=O) groups is 2. The van der Waals surface area contributed by atoms with Crippen LogP contribution in [0.15, 0.2) is 48.7 Å². The van der Waals surface area contributed by atoms with Gasteiger partial charge in [0.25, 0.3) is 5.91 Å². The van der Waals surface area contributed by atoms with Crippen molar-refractivity contribution in [3.05, 3.63) is 64.8 Å². The van der Waals surface area contributed by atoms with Gasteiger partial charge in [0.1, 0.15) is 0 Å². The minimum atomic E-state index is -0.511. The molecule has 0 aliphatic carbocycles. The van der Waals surface area contributed by atoms with Crippen molar-refractivity contribution in [2.24, 2.45) is 0 Å². The standard InChI is InChI=1S/C17H13ClN2O3/c1-23-17(22)11-4-2-3-5-15(11)20-16(21)13-9-19-14-7-6-10(18)8-12(13)14/h2-9,19H,1H3,(H,20,21). The largest absolute Gasteiger partial charge is 0.465 e. The third kappa shape index (κ3) is 2.91. The number of benzene rings is 2. The van der Waals surface area contributed by atoms with Crippen LogP contribution in [0.1, 0.15) is 20.7 Å². The Morgan fingerprint density at radius 3 is 2.70 bits per heavy atom. The molecule has 1 amide bonds. The summed E-state index contributed by atoms with van der Waals surface area (Å²) in [4.78, 5) is 27.3. The lowest BCUT2D eigenvalue weighted by Gasteiger charge is -2.09. The number of fused-ring (bicyclic) bond motifs is 1. The predicted octanol–water partition coefficient (Wildman–Crippen LogP) is 3.86. The highest BCUT2D eigenvalue weighted by atomic mass is 35.5. The first-order valence-electron chi connectivity index (χ1n) is 6.85. The first-order chi connectivity index (χ1) is 11.1. The molecule has 1 aromatic heterocycles. The summed E-state index contributed by atoms with van der Waals surface area (Å²) in [5.74, 6) is -0.849. The number of anilines is 1. The highest BCUT2D eigenvalue weighted by Crippen LogP contribution is 2.24. The molecule has 0 aliphatic heterocycles. The quantitative estimate of drug-likeness (QED) is 0.717. The van der Waals surface area contributed by atoms with E-state index in [2.05, 4.69) is 10.3 Å². The molecule has 0 aliphatic rings. The molecule has 6 heteroatoms.